The van der Waals surface area contributed by atoms with Gasteiger partial charge in [-0.1, -0.05) is 60.7 Å². The minimum absolute atomic E-state index is 0.0977. The number of benzene rings is 3. The quantitative estimate of drug-likeness (QED) is 0.654. The van der Waals surface area contributed by atoms with Crippen LogP contribution in [0.15, 0.2) is 89.8 Å². The van der Waals surface area contributed by atoms with E-state index in [9.17, 15) is 13.2 Å². The average molecular weight is 421 g/mol. The van der Waals surface area contributed by atoms with E-state index in [4.69, 9.17) is 0 Å². The molecule has 0 radical (unpaired) electrons. The van der Waals surface area contributed by atoms with Crippen molar-refractivity contribution < 1.29 is 13.2 Å². The summed E-state index contributed by atoms with van der Waals surface area (Å²) in [5.74, 6) is -0.319. The van der Waals surface area contributed by atoms with Crippen LogP contribution in [0.5, 0.6) is 0 Å². The van der Waals surface area contributed by atoms with Gasteiger partial charge in [0, 0.05) is 0 Å². The van der Waals surface area contributed by atoms with Crippen molar-refractivity contribution in [2.45, 2.75) is 30.2 Å². The lowest BCUT2D eigenvalue weighted by molar-refractivity contribution is -0.120. The Morgan fingerprint density at radius 2 is 1.53 bits per heavy atom. The highest BCUT2D eigenvalue weighted by Crippen LogP contribution is 2.30. The van der Waals surface area contributed by atoms with Crippen LogP contribution in [0.1, 0.15) is 30.0 Å². The summed E-state index contributed by atoms with van der Waals surface area (Å²) in [6.45, 7) is -0.278. The maximum Gasteiger partial charge on any atom is 0.264 e. The number of nitrogens with zero attached hydrogens (tertiary/aromatic N) is 1. The fourth-order valence-electron chi connectivity index (χ4n) is 3.90. The van der Waals surface area contributed by atoms with Crippen LogP contribution in [0.4, 0.5) is 5.69 Å². The predicted molar refractivity (Wildman–Crippen MR) is 118 cm³/mol. The second kappa shape index (κ2) is 8.71. The molecule has 3 aromatic carbocycles. The number of fused-ring (bicyclic) bond motifs is 1. The summed E-state index contributed by atoms with van der Waals surface area (Å²) < 4.78 is 27.8. The normalized spacial score (nSPS) is 15.8. The Kier molecular flexibility index (Phi) is 5.86. The third-order valence-electron chi connectivity index (χ3n) is 5.37. The van der Waals surface area contributed by atoms with Gasteiger partial charge in [-0.25, -0.2) is 8.42 Å². The van der Waals surface area contributed by atoms with Crippen molar-refractivity contribution in [3.05, 3.63) is 96.1 Å². The van der Waals surface area contributed by atoms with Gasteiger partial charge in [0.2, 0.25) is 5.91 Å². The molecule has 1 atom stereocenters. The molecule has 6 heteroatoms. The number of rotatable bonds is 6. The van der Waals surface area contributed by atoms with Gasteiger partial charge in [-0.2, -0.15) is 0 Å². The van der Waals surface area contributed by atoms with Crippen LogP contribution in [0, 0.1) is 0 Å². The van der Waals surface area contributed by atoms with E-state index in [1.165, 1.54) is 9.87 Å². The highest BCUT2D eigenvalue weighted by atomic mass is 32.2. The number of hydrogen-bond acceptors (Lipinski definition) is 3. The molecular weight excluding hydrogens is 396 g/mol. The lowest BCUT2D eigenvalue weighted by atomic mass is 9.88. The van der Waals surface area contributed by atoms with Crippen LogP contribution in [-0.4, -0.2) is 20.9 Å². The first-order valence-corrected chi connectivity index (χ1v) is 11.5. The third kappa shape index (κ3) is 4.24. The number of para-hydroxylation sites is 1. The summed E-state index contributed by atoms with van der Waals surface area (Å²) in [6, 6.07) is 24.9. The number of amides is 1. The number of aryl methyl sites for hydroxylation is 1. The summed E-state index contributed by atoms with van der Waals surface area (Å²) in [6.07, 6.45) is 2.84. The predicted octanol–water partition coefficient (Wildman–Crippen LogP) is 4.08. The number of carbonyl (C=O) groups is 1. The van der Waals surface area contributed by atoms with Crippen LogP contribution in [0.25, 0.3) is 0 Å². The number of sulfonamides is 1. The summed E-state index contributed by atoms with van der Waals surface area (Å²) in [5.41, 5.74) is 2.82. The van der Waals surface area contributed by atoms with E-state index in [2.05, 4.69) is 11.4 Å². The van der Waals surface area contributed by atoms with Crippen molar-refractivity contribution in [3.8, 4) is 0 Å². The van der Waals surface area contributed by atoms with Crippen molar-refractivity contribution in [2.75, 3.05) is 10.8 Å². The second-order valence-electron chi connectivity index (χ2n) is 7.37. The van der Waals surface area contributed by atoms with Crippen LogP contribution >= 0.6 is 0 Å². The average Bonchev–Trinajstić information content (AvgIpc) is 2.79. The van der Waals surface area contributed by atoms with Gasteiger partial charge >= 0.3 is 0 Å². The molecule has 1 amide bonds. The Labute approximate surface area is 177 Å². The van der Waals surface area contributed by atoms with Crippen LogP contribution in [0.3, 0.4) is 0 Å². The maximum absolute atomic E-state index is 13.3. The summed E-state index contributed by atoms with van der Waals surface area (Å²) in [4.78, 5) is 13.1. The SMILES string of the molecule is O=C(CN(c1ccccc1)S(=O)(=O)c1ccccc1)N[C@H]1CCCc2ccccc21. The Balaban J connectivity index is 1.60. The van der Waals surface area contributed by atoms with Crippen molar-refractivity contribution in [3.63, 3.8) is 0 Å². The van der Waals surface area contributed by atoms with E-state index in [0.29, 0.717) is 5.69 Å². The smallest absolute Gasteiger partial charge is 0.264 e. The topological polar surface area (TPSA) is 66.5 Å². The molecule has 0 fully saturated rings. The summed E-state index contributed by atoms with van der Waals surface area (Å²) >= 11 is 0. The van der Waals surface area contributed by atoms with Crippen molar-refractivity contribution >= 4 is 21.6 Å². The Morgan fingerprint density at radius 3 is 2.27 bits per heavy atom. The van der Waals surface area contributed by atoms with E-state index in [-0.39, 0.29) is 23.4 Å². The monoisotopic (exact) mass is 420 g/mol. The van der Waals surface area contributed by atoms with E-state index >= 15 is 0 Å². The molecular formula is C24H24N2O3S. The van der Waals surface area contributed by atoms with Gasteiger partial charge in [-0.15, -0.1) is 0 Å². The van der Waals surface area contributed by atoms with Crippen LogP contribution in [0.2, 0.25) is 0 Å². The zero-order chi connectivity index (χ0) is 21.0. The second-order valence-corrected chi connectivity index (χ2v) is 9.23. The minimum Gasteiger partial charge on any atom is -0.348 e. The highest BCUT2D eigenvalue weighted by Gasteiger charge is 2.28. The number of carbonyl (C=O) groups excluding carboxylic acids is 1. The van der Waals surface area contributed by atoms with Crippen molar-refractivity contribution in [1.29, 1.82) is 0 Å². The third-order valence-corrected chi connectivity index (χ3v) is 7.16. The van der Waals surface area contributed by atoms with Gasteiger partial charge < -0.3 is 5.32 Å². The molecule has 1 aliphatic rings. The molecule has 1 aliphatic carbocycles. The fourth-order valence-corrected chi connectivity index (χ4v) is 5.35. The molecule has 4 rings (SSSR count). The van der Waals surface area contributed by atoms with E-state index < -0.39 is 10.0 Å². The first-order valence-electron chi connectivity index (χ1n) is 10.1. The van der Waals surface area contributed by atoms with Gasteiger partial charge in [-0.05, 0) is 54.7 Å². The summed E-state index contributed by atoms with van der Waals surface area (Å²) in [7, 11) is -3.88. The van der Waals surface area contributed by atoms with Crippen molar-refractivity contribution in [2.24, 2.45) is 0 Å². The molecule has 5 nitrogen and oxygen atoms in total. The van der Waals surface area contributed by atoms with E-state index in [1.54, 1.807) is 54.6 Å². The van der Waals surface area contributed by atoms with E-state index in [0.717, 1.165) is 24.8 Å². The zero-order valence-electron chi connectivity index (χ0n) is 16.6. The lowest BCUT2D eigenvalue weighted by Crippen LogP contribution is -2.42. The fraction of sp³-hybridized carbons (Fsp3) is 0.208. The van der Waals surface area contributed by atoms with Gasteiger partial charge in [0.25, 0.3) is 10.0 Å². The first-order chi connectivity index (χ1) is 14.6. The Bertz CT molecular complexity index is 1120. The lowest BCUT2D eigenvalue weighted by Gasteiger charge is -2.28. The van der Waals surface area contributed by atoms with Gasteiger partial charge in [0.15, 0.2) is 0 Å². The Morgan fingerprint density at radius 1 is 0.900 bits per heavy atom. The molecule has 0 aromatic heterocycles. The molecule has 0 spiro atoms. The molecule has 3 aromatic rings. The number of nitrogens with one attached hydrogen (secondary N) is 1. The van der Waals surface area contributed by atoms with Crippen LogP contribution in [-0.2, 0) is 21.2 Å². The van der Waals surface area contributed by atoms with Gasteiger partial charge in [0.05, 0.1) is 16.6 Å². The largest absolute Gasteiger partial charge is 0.348 e. The molecule has 0 bridgehead atoms. The molecule has 0 unspecified atom stereocenters. The van der Waals surface area contributed by atoms with Crippen LogP contribution < -0.4 is 9.62 Å². The molecule has 0 aliphatic heterocycles. The maximum atomic E-state index is 13.3. The minimum atomic E-state index is -3.88. The standard InChI is InChI=1S/C24H24N2O3S/c27-24(25-23-17-9-11-19-10-7-8-16-22(19)23)18-26(20-12-3-1-4-13-20)30(28,29)21-14-5-2-6-15-21/h1-8,10,12-16,23H,9,11,17-18H2,(H,25,27)/t23-/m0/s1. The van der Waals surface area contributed by atoms with E-state index in [1.807, 2.05) is 24.3 Å². The molecule has 1 N–H and O–H groups in total. The molecule has 154 valence electrons. The molecule has 0 saturated carbocycles. The zero-order valence-corrected chi connectivity index (χ0v) is 17.4. The highest BCUT2D eigenvalue weighted by molar-refractivity contribution is 7.92. The molecule has 30 heavy (non-hydrogen) atoms. The number of hydrogen-bond donors (Lipinski definition) is 1. The van der Waals surface area contributed by atoms with Crippen molar-refractivity contribution in [1.82, 2.24) is 5.32 Å². The first kappa shape index (κ1) is 20.2. The number of anilines is 1. The Hall–Kier alpha value is -3.12. The van der Waals surface area contributed by atoms with Gasteiger partial charge in [-0.3, -0.25) is 9.10 Å². The van der Waals surface area contributed by atoms with Gasteiger partial charge in [0.1, 0.15) is 6.54 Å². The molecule has 0 heterocycles. The molecule has 0 saturated heterocycles. The summed E-state index contributed by atoms with van der Waals surface area (Å²) in [5, 5.41) is 3.05.